The van der Waals surface area contributed by atoms with Crippen molar-refractivity contribution in [2.75, 3.05) is 61.4 Å². The van der Waals surface area contributed by atoms with Crippen molar-refractivity contribution in [2.24, 2.45) is 5.92 Å². The number of piperazine rings is 1. The number of amides is 2. The van der Waals surface area contributed by atoms with Crippen LogP contribution in [0, 0.1) is 12.8 Å². The lowest BCUT2D eigenvalue weighted by Gasteiger charge is -2.43. The second-order valence-electron chi connectivity index (χ2n) is 21.6. The Bertz CT molecular complexity index is 2930. The van der Waals surface area contributed by atoms with E-state index in [9.17, 15) is 14.7 Å². The van der Waals surface area contributed by atoms with Crippen LogP contribution in [0.2, 0.25) is 0 Å². The normalized spacial score (nSPS) is 23.6. The third kappa shape index (κ3) is 11.2. The van der Waals surface area contributed by atoms with Crippen molar-refractivity contribution in [3.63, 3.8) is 0 Å². The summed E-state index contributed by atoms with van der Waals surface area (Å²) in [5, 5.41) is 26.7. The van der Waals surface area contributed by atoms with E-state index in [0.29, 0.717) is 48.6 Å². The molecule has 11 rings (SSSR count). The highest BCUT2D eigenvalue weighted by Crippen LogP contribution is 2.40. The van der Waals surface area contributed by atoms with Gasteiger partial charge < -0.3 is 49.6 Å². The van der Waals surface area contributed by atoms with Crippen molar-refractivity contribution in [1.29, 1.82) is 0 Å². The summed E-state index contributed by atoms with van der Waals surface area (Å²) < 4.78 is 24.8. The first kappa shape index (κ1) is 51.4. The first-order valence-electron chi connectivity index (χ1n) is 27.0. The van der Waals surface area contributed by atoms with Crippen molar-refractivity contribution < 1.29 is 33.4 Å². The number of benzene rings is 2. The maximum atomic E-state index is 14.2. The molecule has 400 valence electrons. The molecule has 4 aromatic heterocycles. The number of aliphatic hydroxyl groups excluding tert-OH is 1. The Morgan fingerprint density at radius 1 is 0.855 bits per heavy atom. The van der Waals surface area contributed by atoms with Crippen LogP contribution in [-0.2, 0) is 14.3 Å². The molecule has 2 aromatic carbocycles. The number of aryl methyl sites for hydroxylation is 1. The number of nitrogen functional groups attached to an aromatic ring is 1. The van der Waals surface area contributed by atoms with E-state index in [2.05, 4.69) is 63.5 Å². The number of nitrogens with one attached hydrogen (secondary N) is 1. The van der Waals surface area contributed by atoms with Crippen molar-refractivity contribution in [1.82, 2.24) is 40.4 Å². The Labute approximate surface area is 447 Å². The number of carbonyl (C=O) groups is 2. The van der Waals surface area contributed by atoms with Gasteiger partial charge in [-0.1, -0.05) is 68.4 Å². The van der Waals surface area contributed by atoms with E-state index >= 15 is 0 Å². The number of rotatable bonds is 18. The van der Waals surface area contributed by atoms with Crippen LogP contribution in [0.3, 0.4) is 0 Å². The molecule has 6 atom stereocenters. The van der Waals surface area contributed by atoms with Gasteiger partial charge in [-0.25, -0.2) is 9.97 Å². The fraction of sp³-hybridized carbons (Fsp3) is 0.491. The summed E-state index contributed by atoms with van der Waals surface area (Å²) in [6, 6.07) is 25.7. The van der Waals surface area contributed by atoms with Crippen molar-refractivity contribution >= 4 is 40.3 Å². The average Bonchev–Trinajstić information content (AvgIpc) is 4.22. The van der Waals surface area contributed by atoms with Crippen LogP contribution in [0.5, 0.6) is 11.8 Å². The summed E-state index contributed by atoms with van der Waals surface area (Å²) in [5.41, 5.74) is 15.2. The number of aromatic nitrogens is 5. The van der Waals surface area contributed by atoms with Crippen molar-refractivity contribution in [2.45, 2.75) is 127 Å². The van der Waals surface area contributed by atoms with Gasteiger partial charge in [0, 0.05) is 100 Å². The van der Waals surface area contributed by atoms with Gasteiger partial charge in [0.25, 0.3) is 5.88 Å². The van der Waals surface area contributed by atoms with Gasteiger partial charge in [0.05, 0.1) is 51.8 Å². The van der Waals surface area contributed by atoms with E-state index in [-0.39, 0.29) is 55.1 Å². The van der Waals surface area contributed by atoms with Crippen LogP contribution in [0.15, 0.2) is 95.1 Å². The van der Waals surface area contributed by atoms with Gasteiger partial charge in [0.1, 0.15) is 24.7 Å². The molecule has 4 N–H and O–H groups in total. The molecule has 2 bridgehead atoms. The molecule has 1 unspecified atom stereocenters. The van der Waals surface area contributed by atoms with Crippen LogP contribution in [0.4, 0.5) is 17.2 Å². The van der Waals surface area contributed by atoms with Gasteiger partial charge in [-0.15, -0.1) is 21.5 Å². The molecule has 5 aliphatic rings. The molecule has 1 saturated carbocycles. The summed E-state index contributed by atoms with van der Waals surface area (Å²) in [6.45, 7) is 12.5. The Balaban J connectivity index is 0.600. The minimum Gasteiger partial charge on any atom is -0.474 e. The lowest BCUT2D eigenvalue weighted by molar-refractivity contribution is -0.141. The van der Waals surface area contributed by atoms with Gasteiger partial charge in [-0.05, 0) is 73.9 Å². The number of anilines is 3. The predicted molar refractivity (Wildman–Crippen MR) is 290 cm³/mol. The Hall–Kier alpha value is -6.67. The number of likely N-dealkylation sites (tertiary alicyclic amines) is 2. The number of nitrogens with zero attached hydrogens (tertiary/aromatic N) is 9. The lowest BCUT2D eigenvalue weighted by atomic mass is 9.91. The molecule has 8 heterocycles. The van der Waals surface area contributed by atoms with E-state index in [1.54, 1.807) is 17.4 Å². The fourth-order valence-electron chi connectivity index (χ4n) is 11.9. The highest BCUT2D eigenvalue weighted by atomic mass is 32.1. The van der Waals surface area contributed by atoms with E-state index in [1.165, 1.54) is 4.90 Å². The van der Waals surface area contributed by atoms with E-state index in [1.807, 2.05) is 94.0 Å². The average molecular weight is 1050 g/mol. The van der Waals surface area contributed by atoms with Crippen LogP contribution in [0.1, 0.15) is 94.7 Å². The minimum absolute atomic E-state index is 0.0569. The highest BCUT2D eigenvalue weighted by molar-refractivity contribution is 7.13. The highest BCUT2D eigenvalue weighted by Gasteiger charge is 2.44. The van der Waals surface area contributed by atoms with Gasteiger partial charge in [0.15, 0.2) is 11.6 Å². The third-order valence-corrected chi connectivity index (χ3v) is 17.0. The predicted octanol–water partition coefficient (Wildman–Crippen LogP) is 7.45. The molecule has 18 nitrogen and oxygen atoms in total. The molecule has 6 aromatic rings. The monoisotopic (exact) mass is 1050 g/mol. The van der Waals surface area contributed by atoms with E-state index in [0.717, 1.165) is 109 Å². The maximum absolute atomic E-state index is 14.2. The van der Waals surface area contributed by atoms with Gasteiger partial charge in [-0.2, -0.15) is 0 Å². The molecule has 4 aliphatic heterocycles. The van der Waals surface area contributed by atoms with Gasteiger partial charge >= 0.3 is 0 Å². The number of hydrogen-bond donors (Lipinski definition) is 3. The standard InChI is InChI=1S/C57H69N11O7S/c1-34(2)53(57(71)67-32-43(69)25-49(67)56(70)61-35(3)37-10-12-39(13-11-37)54-36(4)60-33-76-54)50-29-52(64-75-50)72-23-22-65-20-17-44(18-21-65)73-45-26-46(27-45)74-51-24-40(16-19-59-51)68-41-14-15-42(68)31-66(30-41)48-28-47(62-63-55(48)58)38-8-6-5-7-9-38/h5-13,16,19,24,28-29,33-35,41-46,49,53,69H,14-15,17-18,20-23,25-27,30-32H2,1-4H3,(H2,58,63)(H,61,70)/t35-,41+,42?,43+,45?,46?,49-,53-/m0/s1. The Kier molecular flexibility index (Phi) is 15.2. The number of β-amino-alcohol motifs (C(OH)–C–C–N with tert-alkyl or cyclic N) is 1. The SMILES string of the molecule is Cc1ncsc1-c1ccc([C@H](C)NC(=O)[C@@H]2C[C@@H](O)CN2C(=O)[C@H](c2cc(OCCN3CCC(OC4CC(Oc5cc(N6C7CC[C@@H]6CN(c6cc(-c8ccccc8)nnc6N)C7)ccn5)C4)CC3)no2)C(C)C)cc1. The summed E-state index contributed by atoms with van der Waals surface area (Å²) in [6.07, 6.45) is 7.44. The Morgan fingerprint density at radius 3 is 2.34 bits per heavy atom. The van der Waals surface area contributed by atoms with Gasteiger partial charge in [0.2, 0.25) is 17.7 Å². The first-order chi connectivity index (χ1) is 36.9. The molecule has 2 amide bonds. The number of pyridine rings is 1. The zero-order valence-electron chi connectivity index (χ0n) is 43.7. The largest absolute Gasteiger partial charge is 0.474 e. The van der Waals surface area contributed by atoms with Crippen LogP contribution in [0.25, 0.3) is 21.7 Å². The van der Waals surface area contributed by atoms with Gasteiger partial charge in [-0.3, -0.25) is 14.5 Å². The van der Waals surface area contributed by atoms with E-state index in [4.69, 9.17) is 24.5 Å². The molecule has 4 saturated heterocycles. The number of ether oxygens (including phenoxy) is 3. The molecule has 1 aliphatic carbocycles. The number of carbonyl (C=O) groups excluding carboxylic acids is 2. The summed E-state index contributed by atoms with van der Waals surface area (Å²) >= 11 is 1.59. The molecule has 5 fully saturated rings. The minimum atomic E-state index is -0.825. The zero-order valence-corrected chi connectivity index (χ0v) is 44.6. The fourth-order valence-corrected chi connectivity index (χ4v) is 12.7. The number of piperidine rings is 1. The lowest BCUT2D eigenvalue weighted by Crippen LogP contribution is -2.54. The zero-order chi connectivity index (χ0) is 52.5. The number of thiazole rings is 1. The first-order valence-corrected chi connectivity index (χ1v) is 27.9. The summed E-state index contributed by atoms with van der Waals surface area (Å²) in [5.74, 6) is 0.313. The topological polar surface area (TPSA) is 211 Å². The third-order valence-electron chi connectivity index (χ3n) is 16.0. The molecule has 0 radical (unpaired) electrons. The molecular formula is C57H69N11O7S. The number of fused-ring (bicyclic) bond motifs is 2. The smallest absolute Gasteiger partial charge is 0.254 e. The van der Waals surface area contributed by atoms with Crippen molar-refractivity contribution in [3.05, 3.63) is 108 Å². The second-order valence-corrected chi connectivity index (χ2v) is 22.4. The van der Waals surface area contributed by atoms with Crippen molar-refractivity contribution in [3.8, 4) is 33.5 Å². The quantitative estimate of drug-likeness (QED) is 0.0763. The number of hydrogen-bond acceptors (Lipinski definition) is 17. The summed E-state index contributed by atoms with van der Waals surface area (Å²) in [7, 11) is 0. The van der Waals surface area contributed by atoms with Crippen LogP contribution < -0.4 is 30.3 Å². The number of nitrogens with two attached hydrogens (primary N) is 1. The second kappa shape index (κ2) is 22.5. The number of aliphatic hydroxyl groups is 1. The molecule has 19 heteroatoms. The van der Waals surface area contributed by atoms with E-state index < -0.39 is 18.1 Å². The molecule has 0 spiro atoms. The summed E-state index contributed by atoms with van der Waals surface area (Å²) in [4.78, 5) is 46.9. The Morgan fingerprint density at radius 2 is 1.62 bits per heavy atom. The maximum Gasteiger partial charge on any atom is 0.254 e. The molecule has 76 heavy (non-hydrogen) atoms. The van der Waals surface area contributed by atoms with Crippen LogP contribution >= 0.6 is 11.3 Å². The van der Waals surface area contributed by atoms with Crippen LogP contribution in [-0.4, -0.2) is 140 Å². The molecular weight excluding hydrogens is 983 g/mol.